The molecule has 0 bridgehead atoms. The molecule has 1 saturated heterocycles. The van der Waals surface area contributed by atoms with Gasteiger partial charge in [-0.25, -0.2) is 0 Å². The van der Waals surface area contributed by atoms with Crippen molar-refractivity contribution in [2.75, 3.05) is 26.2 Å². The number of amidine groups is 1. The van der Waals surface area contributed by atoms with Crippen molar-refractivity contribution in [1.29, 1.82) is 5.41 Å². The van der Waals surface area contributed by atoms with Crippen molar-refractivity contribution in [2.24, 2.45) is 5.73 Å². The fourth-order valence-electron chi connectivity index (χ4n) is 3.36. The smallest absolute Gasteiger partial charge is 0.108 e. The topological polar surface area (TPSA) is 56.4 Å². The molecular weight excluding hydrogens is 212 g/mol. The van der Waals surface area contributed by atoms with Crippen LogP contribution in [-0.4, -0.2) is 53.9 Å². The van der Waals surface area contributed by atoms with Gasteiger partial charge in [0.2, 0.25) is 0 Å². The Labute approximate surface area is 105 Å². The molecule has 1 heterocycles. The largest absolute Gasteiger partial charge is 0.386 e. The highest BCUT2D eigenvalue weighted by Gasteiger charge is 2.29. The average molecular weight is 238 g/mol. The van der Waals surface area contributed by atoms with E-state index < -0.39 is 0 Å². The molecule has 0 amide bonds. The van der Waals surface area contributed by atoms with Gasteiger partial charge in [0.05, 0.1) is 6.04 Å². The molecule has 2 aliphatic rings. The summed E-state index contributed by atoms with van der Waals surface area (Å²) in [4.78, 5) is 5.03. The van der Waals surface area contributed by atoms with E-state index in [4.69, 9.17) is 11.1 Å². The molecule has 3 N–H and O–H groups in total. The van der Waals surface area contributed by atoms with E-state index in [2.05, 4.69) is 16.7 Å². The van der Waals surface area contributed by atoms with Gasteiger partial charge in [0.25, 0.3) is 0 Å². The summed E-state index contributed by atoms with van der Waals surface area (Å²) in [5, 5.41) is 7.63. The van der Waals surface area contributed by atoms with Crippen LogP contribution in [-0.2, 0) is 0 Å². The summed E-state index contributed by atoms with van der Waals surface area (Å²) in [6.45, 7) is 6.60. The van der Waals surface area contributed by atoms with Crippen molar-refractivity contribution < 1.29 is 0 Å². The molecule has 98 valence electrons. The molecule has 0 aromatic heterocycles. The average Bonchev–Trinajstić information content (AvgIpc) is 2.84. The highest BCUT2D eigenvalue weighted by Crippen LogP contribution is 2.24. The summed E-state index contributed by atoms with van der Waals surface area (Å²) in [6, 6.07) is 1.01. The summed E-state index contributed by atoms with van der Waals surface area (Å²) >= 11 is 0. The summed E-state index contributed by atoms with van der Waals surface area (Å²) < 4.78 is 0. The van der Waals surface area contributed by atoms with E-state index in [0.717, 1.165) is 38.6 Å². The van der Waals surface area contributed by atoms with Crippen LogP contribution in [0.5, 0.6) is 0 Å². The Morgan fingerprint density at radius 2 is 1.82 bits per heavy atom. The fraction of sp³-hybridized carbons (Fsp3) is 0.923. The highest BCUT2D eigenvalue weighted by atomic mass is 15.3. The third-order valence-corrected chi connectivity index (χ3v) is 4.38. The lowest BCUT2D eigenvalue weighted by Gasteiger charge is -2.41. The fourth-order valence-corrected chi connectivity index (χ4v) is 3.36. The molecular formula is C13H26N4. The quantitative estimate of drug-likeness (QED) is 0.573. The second kappa shape index (κ2) is 5.83. The van der Waals surface area contributed by atoms with Gasteiger partial charge in [0.15, 0.2) is 0 Å². The summed E-state index contributed by atoms with van der Waals surface area (Å²) in [7, 11) is 0. The molecule has 1 saturated carbocycles. The molecule has 2 rings (SSSR count). The van der Waals surface area contributed by atoms with Crippen molar-refractivity contribution in [3.63, 3.8) is 0 Å². The minimum absolute atomic E-state index is 0.167. The lowest BCUT2D eigenvalue weighted by molar-refractivity contribution is 0.0853. The van der Waals surface area contributed by atoms with E-state index >= 15 is 0 Å². The lowest BCUT2D eigenvalue weighted by atomic mass is 10.1. The van der Waals surface area contributed by atoms with Gasteiger partial charge < -0.3 is 5.73 Å². The van der Waals surface area contributed by atoms with Gasteiger partial charge >= 0.3 is 0 Å². The summed E-state index contributed by atoms with van der Waals surface area (Å²) in [5.41, 5.74) is 5.66. The zero-order chi connectivity index (χ0) is 12.3. The lowest BCUT2D eigenvalue weighted by Crippen LogP contribution is -2.55. The first-order valence-corrected chi connectivity index (χ1v) is 7.04. The molecule has 4 heteroatoms. The first-order valence-electron chi connectivity index (χ1n) is 7.04. The maximum absolute atomic E-state index is 7.63. The number of hydrogen-bond donors (Lipinski definition) is 2. The first kappa shape index (κ1) is 12.8. The minimum Gasteiger partial charge on any atom is -0.386 e. The number of hydrogen-bond acceptors (Lipinski definition) is 3. The predicted octanol–water partition coefficient (Wildman–Crippen LogP) is 1.26. The van der Waals surface area contributed by atoms with Gasteiger partial charge in [-0.2, -0.15) is 0 Å². The van der Waals surface area contributed by atoms with E-state index in [1.165, 1.54) is 25.7 Å². The van der Waals surface area contributed by atoms with Gasteiger partial charge in [-0.3, -0.25) is 15.2 Å². The Kier molecular flexibility index (Phi) is 4.40. The maximum Gasteiger partial charge on any atom is 0.108 e. The molecule has 0 aromatic rings. The van der Waals surface area contributed by atoms with Crippen LogP contribution in [0.2, 0.25) is 0 Å². The molecule has 2 fully saturated rings. The van der Waals surface area contributed by atoms with Crippen LogP contribution < -0.4 is 5.73 Å². The first-order chi connectivity index (χ1) is 8.22. The Hall–Kier alpha value is -0.610. The van der Waals surface area contributed by atoms with Crippen LogP contribution in [0, 0.1) is 5.41 Å². The number of nitrogens with zero attached hydrogens (tertiary/aromatic N) is 2. The van der Waals surface area contributed by atoms with Gasteiger partial charge in [-0.05, 0) is 19.3 Å². The predicted molar refractivity (Wildman–Crippen MR) is 71.4 cm³/mol. The van der Waals surface area contributed by atoms with Crippen LogP contribution in [0.25, 0.3) is 0 Å². The number of nitrogens with one attached hydrogen (secondary N) is 1. The monoisotopic (exact) mass is 238 g/mol. The van der Waals surface area contributed by atoms with Gasteiger partial charge in [0.1, 0.15) is 5.84 Å². The number of rotatable bonds is 4. The maximum atomic E-state index is 7.63. The van der Waals surface area contributed by atoms with Gasteiger partial charge in [-0.15, -0.1) is 0 Å². The number of piperazine rings is 1. The number of nitrogens with two attached hydrogens (primary N) is 1. The molecule has 0 radical (unpaired) electrons. The zero-order valence-electron chi connectivity index (χ0n) is 11.0. The molecule has 0 spiro atoms. The van der Waals surface area contributed by atoms with Crippen molar-refractivity contribution in [3.8, 4) is 0 Å². The van der Waals surface area contributed by atoms with Crippen molar-refractivity contribution in [1.82, 2.24) is 9.80 Å². The van der Waals surface area contributed by atoms with Gasteiger partial charge in [-0.1, -0.05) is 19.8 Å². The second-order valence-electron chi connectivity index (χ2n) is 5.39. The van der Waals surface area contributed by atoms with Crippen molar-refractivity contribution in [2.45, 2.75) is 51.1 Å². The Bertz CT molecular complexity index is 252. The summed E-state index contributed by atoms with van der Waals surface area (Å²) in [5.74, 6) is 0.335. The SMILES string of the molecule is CCC(C(=N)N)N1CCN(C2CCCC2)CC1. The third-order valence-electron chi connectivity index (χ3n) is 4.38. The van der Waals surface area contributed by atoms with Crippen molar-refractivity contribution in [3.05, 3.63) is 0 Å². The molecule has 4 nitrogen and oxygen atoms in total. The van der Waals surface area contributed by atoms with E-state index in [1.807, 2.05) is 0 Å². The van der Waals surface area contributed by atoms with E-state index in [1.54, 1.807) is 0 Å². The molecule has 1 aliphatic heterocycles. The highest BCUT2D eigenvalue weighted by molar-refractivity contribution is 5.82. The van der Waals surface area contributed by atoms with Gasteiger partial charge in [0, 0.05) is 32.2 Å². The minimum atomic E-state index is 0.167. The zero-order valence-corrected chi connectivity index (χ0v) is 11.0. The summed E-state index contributed by atoms with van der Waals surface area (Å²) in [6.07, 6.45) is 6.57. The van der Waals surface area contributed by atoms with E-state index in [9.17, 15) is 0 Å². The normalized spacial score (nSPS) is 26.2. The third kappa shape index (κ3) is 2.99. The molecule has 17 heavy (non-hydrogen) atoms. The van der Waals surface area contributed by atoms with Crippen LogP contribution in [0.4, 0.5) is 0 Å². The molecule has 0 aromatic carbocycles. The Morgan fingerprint density at radius 1 is 1.24 bits per heavy atom. The second-order valence-corrected chi connectivity index (χ2v) is 5.39. The molecule has 1 atom stereocenters. The van der Waals surface area contributed by atoms with Crippen LogP contribution in [0.15, 0.2) is 0 Å². The standard InChI is InChI=1S/C13H26N4/c1-2-12(13(14)15)17-9-7-16(8-10-17)11-5-3-4-6-11/h11-12H,2-10H2,1H3,(H3,14,15). The Balaban J connectivity index is 1.82. The van der Waals surface area contributed by atoms with Crippen LogP contribution >= 0.6 is 0 Å². The van der Waals surface area contributed by atoms with Crippen LogP contribution in [0.1, 0.15) is 39.0 Å². The van der Waals surface area contributed by atoms with Crippen molar-refractivity contribution >= 4 is 5.84 Å². The van der Waals surface area contributed by atoms with Crippen LogP contribution in [0.3, 0.4) is 0 Å². The van der Waals surface area contributed by atoms with E-state index in [-0.39, 0.29) is 6.04 Å². The molecule has 1 unspecified atom stereocenters. The molecule has 1 aliphatic carbocycles. The Morgan fingerprint density at radius 3 is 2.29 bits per heavy atom. The van der Waals surface area contributed by atoms with E-state index in [0.29, 0.717) is 5.84 Å².